The summed E-state index contributed by atoms with van der Waals surface area (Å²) in [6, 6.07) is 8.64. The smallest absolute Gasteiger partial charge is 0.238 e. The van der Waals surface area contributed by atoms with Gasteiger partial charge in [-0.25, -0.2) is 0 Å². The van der Waals surface area contributed by atoms with Crippen molar-refractivity contribution >= 4 is 5.91 Å². The van der Waals surface area contributed by atoms with Gasteiger partial charge in [0.25, 0.3) is 0 Å². The van der Waals surface area contributed by atoms with Crippen LogP contribution in [0.4, 0.5) is 0 Å². The van der Waals surface area contributed by atoms with Crippen LogP contribution in [0.2, 0.25) is 0 Å². The van der Waals surface area contributed by atoms with Crippen molar-refractivity contribution in [1.82, 2.24) is 10.2 Å². The zero-order chi connectivity index (χ0) is 14.0. The number of aryl methyl sites for hydroxylation is 1. The van der Waals surface area contributed by atoms with E-state index >= 15 is 0 Å². The second-order valence-corrected chi connectivity index (χ2v) is 5.79. The monoisotopic (exact) mass is 260 g/mol. The number of likely N-dealkylation sites (N-methyl/N-ethyl adjacent to an activating group) is 1. The SMILES string of the molecule is Cc1ccccc1[C@H](N[C@@H](C)C(=O)N(C)C)C1CC1. The first-order valence-electron chi connectivity index (χ1n) is 7.03. The molecule has 1 aromatic rings. The number of rotatable bonds is 5. The molecule has 1 aliphatic rings. The van der Waals surface area contributed by atoms with Gasteiger partial charge in [-0.1, -0.05) is 24.3 Å². The Morgan fingerprint density at radius 2 is 1.95 bits per heavy atom. The van der Waals surface area contributed by atoms with Gasteiger partial charge in [-0.2, -0.15) is 0 Å². The molecule has 1 amide bonds. The molecule has 2 rings (SSSR count). The van der Waals surface area contributed by atoms with Crippen molar-refractivity contribution in [3.05, 3.63) is 35.4 Å². The minimum atomic E-state index is -0.139. The van der Waals surface area contributed by atoms with E-state index in [1.807, 2.05) is 6.92 Å². The van der Waals surface area contributed by atoms with Crippen LogP contribution in [0.5, 0.6) is 0 Å². The summed E-state index contributed by atoms with van der Waals surface area (Å²) in [5.74, 6) is 0.817. The molecule has 1 aromatic carbocycles. The Morgan fingerprint density at radius 1 is 1.32 bits per heavy atom. The number of amides is 1. The fourth-order valence-electron chi connectivity index (χ4n) is 2.57. The molecule has 0 heterocycles. The van der Waals surface area contributed by atoms with Gasteiger partial charge in [0, 0.05) is 20.1 Å². The van der Waals surface area contributed by atoms with E-state index in [2.05, 4.69) is 36.5 Å². The van der Waals surface area contributed by atoms with Gasteiger partial charge < -0.3 is 4.90 Å². The lowest BCUT2D eigenvalue weighted by Crippen LogP contribution is -2.43. The minimum absolute atomic E-state index is 0.138. The number of nitrogens with zero attached hydrogens (tertiary/aromatic N) is 1. The van der Waals surface area contributed by atoms with Crippen LogP contribution in [0.3, 0.4) is 0 Å². The molecule has 1 fully saturated rings. The van der Waals surface area contributed by atoms with E-state index in [4.69, 9.17) is 0 Å². The van der Waals surface area contributed by atoms with Gasteiger partial charge in [0.05, 0.1) is 6.04 Å². The Hall–Kier alpha value is -1.35. The first-order chi connectivity index (χ1) is 9.00. The molecule has 2 atom stereocenters. The summed E-state index contributed by atoms with van der Waals surface area (Å²) in [5, 5.41) is 3.53. The summed E-state index contributed by atoms with van der Waals surface area (Å²) < 4.78 is 0. The number of nitrogens with one attached hydrogen (secondary N) is 1. The van der Waals surface area contributed by atoms with Gasteiger partial charge in [-0.3, -0.25) is 10.1 Å². The Kier molecular flexibility index (Phi) is 4.25. The fraction of sp³-hybridized carbons (Fsp3) is 0.562. The molecule has 1 aliphatic carbocycles. The summed E-state index contributed by atoms with van der Waals surface area (Å²) in [6.07, 6.45) is 2.52. The van der Waals surface area contributed by atoms with Crippen LogP contribution in [0.25, 0.3) is 0 Å². The van der Waals surface area contributed by atoms with E-state index in [1.165, 1.54) is 24.0 Å². The molecule has 0 aromatic heterocycles. The molecule has 0 radical (unpaired) electrons. The van der Waals surface area contributed by atoms with E-state index < -0.39 is 0 Å². The Morgan fingerprint density at radius 3 is 2.47 bits per heavy atom. The van der Waals surface area contributed by atoms with Crippen LogP contribution < -0.4 is 5.32 Å². The standard InChI is InChI=1S/C16H24N2O/c1-11-7-5-6-8-14(11)15(13-9-10-13)17-12(2)16(19)18(3)4/h5-8,12-13,15,17H,9-10H2,1-4H3/t12-,15+/m0/s1. The third-order valence-electron chi connectivity index (χ3n) is 3.86. The second-order valence-electron chi connectivity index (χ2n) is 5.79. The van der Waals surface area contributed by atoms with Crippen molar-refractivity contribution < 1.29 is 4.79 Å². The summed E-state index contributed by atoms with van der Waals surface area (Å²) in [7, 11) is 3.61. The molecule has 3 heteroatoms. The van der Waals surface area contributed by atoms with Crippen LogP contribution >= 0.6 is 0 Å². The van der Waals surface area contributed by atoms with Crippen LogP contribution in [0.1, 0.15) is 36.9 Å². The molecule has 0 bridgehead atoms. The fourth-order valence-corrected chi connectivity index (χ4v) is 2.57. The van der Waals surface area contributed by atoms with E-state index in [-0.39, 0.29) is 11.9 Å². The van der Waals surface area contributed by atoms with Crippen LogP contribution in [0, 0.1) is 12.8 Å². The molecular weight excluding hydrogens is 236 g/mol. The average molecular weight is 260 g/mol. The number of benzene rings is 1. The average Bonchev–Trinajstić information content (AvgIpc) is 3.20. The molecule has 3 nitrogen and oxygen atoms in total. The minimum Gasteiger partial charge on any atom is -0.347 e. The van der Waals surface area contributed by atoms with Crippen LogP contribution in [0.15, 0.2) is 24.3 Å². The van der Waals surface area contributed by atoms with Gasteiger partial charge in [0.2, 0.25) is 5.91 Å². The largest absolute Gasteiger partial charge is 0.347 e. The predicted molar refractivity (Wildman–Crippen MR) is 77.9 cm³/mol. The maximum atomic E-state index is 12.0. The Labute approximate surface area is 116 Å². The second kappa shape index (κ2) is 5.74. The van der Waals surface area contributed by atoms with Gasteiger partial charge in [-0.05, 0) is 43.7 Å². The lowest BCUT2D eigenvalue weighted by molar-refractivity contribution is -0.130. The van der Waals surface area contributed by atoms with Crippen LogP contribution in [-0.2, 0) is 4.79 Å². The zero-order valence-electron chi connectivity index (χ0n) is 12.3. The first kappa shape index (κ1) is 14.1. The Bertz CT molecular complexity index is 452. The number of hydrogen-bond acceptors (Lipinski definition) is 2. The van der Waals surface area contributed by atoms with Gasteiger partial charge in [0.15, 0.2) is 0 Å². The zero-order valence-corrected chi connectivity index (χ0v) is 12.3. The quantitative estimate of drug-likeness (QED) is 0.882. The van der Waals surface area contributed by atoms with Crippen molar-refractivity contribution in [2.24, 2.45) is 5.92 Å². The summed E-state index contributed by atoms with van der Waals surface area (Å²) in [5.41, 5.74) is 2.64. The highest BCUT2D eigenvalue weighted by Gasteiger charge is 2.34. The van der Waals surface area contributed by atoms with Crippen molar-refractivity contribution in [2.45, 2.75) is 38.8 Å². The maximum absolute atomic E-state index is 12.0. The highest BCUT2D eigenvalue weighted by atomic mass is 16.2. The van der Waals surface area contributed by atoms with Crippen molar-refractivity contribution in [3.8, 4) is 0 Å². The molecule has 19 heavy (non-hydrogen) atoms. The van der Waals surface area contributed by atoms with Crippen LogP contribution in [-0.4, -0.2) is 30.9 Å². The summed E-state index contributed by atoms with van der Waals surface area (Å²) in [4.78, 5) is 13.7. The third-order valence-corrected chi connectivity index (χ3v) is 3.86. The van der Waals surface area contributed by atoms with E-state index in [9.17, 15) is 4.79 Å². The highest BCUT2D eigenvalue weighted by molar-refractivity contribution is 5.81. The summed E-state index contributed by atoms with van der Waals surface area (Å²) >= 11 is 0. The molecular formula is C16H24N2O. The number of carbonyl (C=O) groups is 1. The molecule has 0 spiro atoms. The predicted octanol–water partition coefficient (Wildman–Crippen LogP) is 2.51. The van der Waals surface area contributed by atoms with Gasteiger partial charge >= 0.3 is 0 Å². The highest BCUT2D eigenvalue weighted by Crippen LogP contribution is 2.42. The summed E-state index contributed by atoms with van der Waals surface area (Å²) in [6.45, 7) is 4.10. The Balaban J connectivity index is 2.14. The number of carbonyl (C=O) groups excluding carboxylic acids is 1. The maximum Gasteiger partial charge on any atom is 0.238 e. The molecule has 0 aliphatic heterocycles. The first-order valence-corrected chi connectivity index (χ1v) is 7.03. The topological polar surface area (TPSA) is 32.3 Å². The molecule has 1 saturated carbocycles. The van der Waals surface area contributed by atoms with Crippen molar-refractivity contribution in [1.29, 1.82) is 0 Å². The molecule has 0 unspecified atom stereocenters. The van der Waals surface area contributed by atoms with E-state index in [0.29, 0.717) is 12.0 Å². The number of hydrogen-bond donors (Lipinski definition) is 1. The lowest BCUT2D eigenvalue weighted by atomic mass is 9.97. The van der Waals surface area contributed by atoms with E-state index in [0.717, 1.165) is 0 Å². The van der Waals surface area contributed by atoms with Gasteiger partial charge in [-0.15, -0.1) is 0 Å². The van der Waals surface area contributed by atoms with Crippen molar-refractivity contribution in [2.75, 3.05) is 14.1 Å². The lowest BCUT2D eigenvalue weighted by Gasteiger charge is -2.26. The molecule has 0 saturated heterocycles. The molecule has 1 N–H and O–H groups in total. The third kappa shape index (κ3) is 3.35. The van der Waals surface area contributed by atoms with Crippen molar-refractivity contribution in [3.63, 3.8) is 0 Å². The molecule has 104 valence electrons. The van der Waals surface area contributed by atoms with E-state index in [1.54, 1.807) is 19.0 Å². The normalized spacial score (nSPS) is 17.9. The van der Waals surface area contributed by atoms with Gasteiger partial charge in [0.1, 0.15) is 0 Å².